The number of nitrogen functional groups attached to an aromatic ring is 1. The SMILES string of the molecule is C[C@@]1(c2ccccc2N)C[C@]2(C)OC[C@@H](c3ccccc3)N2C1=O. The number of anilines is 1. The number of carbonyl (C=O) groups is 1. The first-order chi connectivity index (χ1) is 11.5. The van der Waals surface area contributed by atoms with Crippen LogP contribution < -0.4 is 5.73 Å². The quantitative estimate of drug-likeness (QED) is 0.864. The van der Waals surface area contributed by atoms with E-state index < -0.39 is 11.1 Å². The van der Waals surface area contributed by atoms with Crippen LogP contribution in [0.5, 0.6) is 0 Å². The lowest BCUT2D eigenvalue weighted by Gasteiger charge is -2.29. The summed E-state index contributed by atoms with van der Waals surface area (Å²) in [5.41, 5.74) is 7.59. The summed E-state index contributed by atoms with van der Waals surface area (Å²) in [5, 5.41) is 0. The smallest absolute Gasteiger partial charge is 0.236 e. The lowest BCUT2D eigenvalue weighted by atomic mass is 9.78. The first kappa shape index (κ1) is 15.2. The zero-order valence-corrected chi connectivity index (χ0v) is 14.0. The van der Waals surface area contributed by atoms with E-state index in [0.717, 1.165) is 11.1 Å². The van der Waals surface area contributed by atoms with Gasteiger partial charge in [0.1, 0.15) is 5.72 Å². The maximum atomic E-state index is 13.4. The summed E-state index contributed by atoms with van der Waals surface area (Å²) >= 11 is 0. The number of para-hydroxylation sites is 1. The van der Waals surface area contributed by atoms with Crippen molar-refractivity contribution < 1.29 is 9.53 Å². The normalized spacial score (nSPS) is 32.2. The van der Waals surface area contributed by atoms with E-state index in [2.05, 4.69) is 12.1 Å². The third kappa shape index (κ3) is 1.99. The molecular weight excluding hydrogens is 300 g/mol. The van der Waals surface area contributed by atoms with Crippen LogP contribution in [-0.4, -0.2) is 23.1 Å². The highest BCUT2D eigenvalue weighted by molar-refractivity contribution is 5.93. The molecule has 0 aromatic heterocycles. The Balaban J connectivity index is 1.77. The summed E-state index contributed by atoms with van der Waals surface area (Å²) < 4.78 is 6.12. The van der Waals surface area contributed by atoms with Crippen LogP contribution in [0.15, 0.2) is 54.6 Å². The average molecular weight is 322 g/mol. The number of hydrogen-bond acceptors (Lipinski definition) is 3. The van der Waals surface area contributed by atoms with Gasteiger partial charge in [-0.25, -0.2) is 0 Å². The number of nitrogens with zero attached hydrogens (tertiary/aromatic N) is 1. The molecule has 124 valence electrons. The fraction of sp³-hybridized carbons (Fsp3) is 0.350. The van der Waals surface area contributed by atoms with Crippen LogP contribution >= 0.6 is 0 Å². The van der Waals surface area contributed by atoms with Crippen molar-refractivity contribution in [1.82, 2.24) is 4.90 Å². The Bertz CT molecular complexity index is 791. The van der Waals surface area contributed by atoms with E-state index in [1.54, 1.807) is 0 Å². The highest BCUT2D eigenvalue weighted by Gasteiger charge is 2.62. The zero-order chi connectivity index (χ0) is 16.9. The number of ether oxygens (including phenoxy) is 1. The number of nitrogens with two attached hydrogens (primary N) is 1. The van der Waals surface area contributed by atoms with Gasteiger partial charge in [-0.1, -0.05) is 48.5 Å². The van der Waals surface area contributed by atoms with Gasteiger partial charge in [0.25, 0.3) is 0 Å². The van der Waals surface area contributed by atoms with Crippen molar-refractivity contribution in [3.8, 4) is 0 Å². The van der Waals surface area contributed by atoms with Gasteiger partial charge in [-0.2, -0.15) is 0 Å². The lowest BCUT2D eigenvalue weighted by molar-refractivity contribution is -0.139. The van der Waals surface area contributed by atoms with Crippen molar-refractivity contribution in [3.63, 3.8) is 0 Å². The van der Waals surface area contributed by atoms with Crippen LogP contribution in [0.2, 0.25) is 0 Å². The van der Waals surface area contributed by atoms with E-state index in [0.29, 0.717) is 18.7 Å². The molecule has 0 spiro atoms. The molecule has 0 aliphatic carbocycles. The van der Waals surface area contributed by atoms with E-state index >= 15 is 0 Å². The third-order valence-electron chi connectivity index (χ3n) is 5.49. The standard InChI is InChI=1S/C20H22N2O2/c1-19(15-10-6-7-11-16(15)21)13-20(2)22(18(19)23)17(12-24-20)14-8-4-3-5-9-14/h3-11,17H,12-13,21H2,1-2H3/t17-,19-,20-/m0/s1. The second-order valence-corrected chi connectivity index (χ2v) is 7.18. The Morgan fingerprint density at radius 3 is 2.46 bits per heavy atom. The van der Waals surface area contributed by atoms with Crippen molar-refractivity contribution in [2.45, 2.75) is 37.5 Å². The molecule has 4 rings (SSSR count). The second kappa shape index (κ2) is 5.08. The van der Waals surface area contributed by atoms with Gasteiger partial charge in [0.05, 0.1) is 18.1 Å². The number of benzene rings is 2. The second-order valence-electron chi connectivity index (χ2n) is 7.18. The van der Waals surface area contributed by atoms with Crippen molar-refractivity contribution in [2.75, 3.05) is 12.3 Å². The van der Waals surface area contributed by atoms with Crippen LogP contribution in [0, 0.1) is 0 Å². The van der Waals surface area contributed by atoms with Gasteiger partial charge in [0, 0.05) is 12.1 Å². The first-order valence-corrected chi connectivity index (χ1v) is 8.33. The van der Waals surface area contributed by atoms with Crippen molar-refractivity contribution in [1.29, 1.82) is 0 Å². The van der Waals surface area contributed by atoms with Crippen molar-refractivity contribution in [3.05, 3.63) is 65.7 Å². The molecule has 24 heavy (non-hydrogen) atoms. The molecule has 0 bridgehead atoms. The van der Waals surface area contributed by atoms with Gasteiger partial charge in [0.2, 0.25) is 5.91 Å². The molecule has 2 aromatic carbocycles. The molecule has 2 aliphatic rings. The molecule has 2 aromatic rings. The fourth-order valence-corrected chi connectivity index (χ4v) is 4.35. The van der Waals surface area contributed by atoms with Gasteiger partial charge in [0.15, 0.2) is 0 Å². The maximum Gasteiger partial charge on any atom is 0.236 e. The Kier molecular flexibility index (Phi) is 3.22. The van der Waals surface area contributed by atoms with E-state index in [1.807, 2.05) is 61.2 Å². The fourth-order valence-electron chi connectivity index (χ4n) is 4.35. The number of rotatable bonds is 2. The molecule has 0 unspecified atom stereocenters. The largest absolute Gasteiger partial charge is 0.398 e. The highest BCUT2D eigenvalue weighted by Crippen LogP contribution is 2.53. The molecule has 2 N–H and O–H groups in total. The molecular formula is C20H22N2O2. The van der Waals surface area contributed by atoms with Crippen molar-refractivity contribution >= 4 is 11.6 Å². The van der Waals surface area contributed by atoms with Crippen molar-refractivity contribution in [2.24, 2.45) is 0 Å². The Morgan fingerprint density at radius 2 is 1.75 bits per heavy atom. The molecule has 2 fully saturated rings. The third-order valence-corrected chi connectivity index (χ3v) is 5.49. The Morgan fingerprint density at radius 1 is 1.08 bits per heavy atom. The van der Waals surface area contributed by atoms with E-state index in [1.165, 1.54) is 0 Å². The number of hydrogen-bond donors (Lipinski definition) is 1. The molecule has 4 heteroatoms. The molecule has 2 aliphatic heterocycles. The van der Waals surface area contributed by atoms with Gasteiger partial charge in [-0.05, 0) is 31.0 Å². The minimum Gasteiger partial charge on any atom is -0.398 e. The summed E-state index contributed by atoms with van der Waals surface area (Å²) in [7, 11) is 0. The molecule has 0 saturated carbocycles. The lowest BCUT2D eigenvalue weighted by Crippen LogP contribution is -2.41. The van der Waals surface area contributed by atoms with Gasteiger partial charge in [-0.3, -0.25) is 4.79 Å². The van der Waals surface area contributed by atoms with Gasteiger partial charge < -0.3 is 15.4 Å². The maximum absolute atomic E-state index is 13.4. The van der Waals surface area contributed by atoms with E-state index in [-0.39, 0.29) is 11.9 Å². The molecule has 0 radical (unpaired) electrons. The Hall–Kier alpha value is -2.33. The summed E-state index contributed by atoms with van der Waals surface area (Å²) in [6.45, 7) is 4.53. The average Bonchev–Trinajstić information content (AvgIpc) is 3.00. The molecule has 3 atom stereocenters. The minimum absolute atomic E-state index is 0.0459. The number of fused-ring (bicyclic) bond motifs is 1. The topological polar surface area (TPSA) is 55.6 Å². The van der Waals surface area contributed by atoms with Crippen LogP contribution in [0.3, 0.4) is 0 Å². The van der Waals surface area contributed by atoms with E-state index in [4.69, 9.17) is 10.5 Å². The molecule has 2 heterocycles. The zero-order valence-electron chi connectivity index (χ0n) is 14.0. The predicted molar refractivity (Wildman–Crippen MR) is 93.2 cm³/mol. The van der Waals surface area contributed by atoms with Crippen LogP contribution in [0.1, 0.15) is 37.4 Å². The monoisotopic (exact) mass is 322 g/mol. The molecule has 1 amide bonds. The van der Waals surface area contributed by atoms with Crippen LogP contribution in [0.25, 0.3) is 0 Å². The van der Waals surface area contributed by atoms with Gasteiger partial charge >= 0.3 is 0 Å². The van der Waals surface area contributed by atoms with Crippen LogP contribution in [0.4, 0.5) is 5.69 Å². The summed E-state index contributed by atoms with van der Waals surface area (Å²) in [4.78, 5) is 15.4. The highest BCUT2D eigenvalue weighted by atomic mass is 16.5. The van der Waals surface area contributed by atoms with Crippen LogP contribution in [-0.2, 0) is 14.9 Å². The molecule has 2 saturated heterocycles. The molecule has 4 nitrogen and oxygen atoms in total. The summed E-state index contributed by atoms with van der Waals surface area (Å²) in [6, 6.07) is 17.7. The predicted octanol–water partition coefficient (Wildman–Crippen LogP) is 3.25. The summed E-state index contributed by atoms with van der Waals surface area (Å²) in [5.74, 6) is 0.0919. The minimum atomic E-state index is -0.659. The van der Waals surface area contributed by atoms with Gasteiger partial charge in [-0.15, -0.1) is 0 Å². The van der Waals surface area contributed by atoms with E-state index in [9.17, 15) is 4.79 Å². The summed E-state index contributed by atoms with van der Waals surface area (Å²) in [6.07, 6.45) is 0.608. The Labute approximate surface area is 142 Å². The number of carbonyl (C=O) groups excluding carboxylic acids is 1. The first-order valence-electron chi connectivity index (χ1n) is 8.33. The number of amides is 1.